The van der Waals surface area contributed by atoms with Gasteiger partial charge in [-0.1, -0.05) is 0 Å². The van der Waals surface area contributed by atoms with Gasteiger partial charge in [-0.25, -0.2) is 0 Å². The molecule has 4 heteroatoms. The van der Waals surface area contributed by atoms with Crippen molar-refractivity contribution in [3.05, 3.63) is 29.5 Å². The first-order valence-electron chi connectivity index (χ1n) is 5.78. The van der Waals surface area contributed by atoms with Crippen LogP contribution in [0.2, 0.25) is 0 Å². The monoisotopic (exact) mass is 247 g/mol. The van der Waals surface area contributed by atoms with E-state index in [0.717, 1.165) is 16.7 Å². The van der Waals surface area contributed by atoms with E-state index in [1.54, 1.807) is 7.11 Å². The number of fused-ring (bicyclic) bond motifs is 1. The van der Waals surface area contributed by atoms with E-state index >= 15 is 0 Å². The molecule has 0 spiro atoms. The molecule has 2 rings (SSSR count). The average Bonchev–Trinajstić information content (AvgIpc) is 2.62. The standard InChI is InChI=1S/C14H17NO3/c1-9-14(12(16)8-15(2)3)11-7-10(17-4)5-6-13(11)18-9/h5-7H,8H2,1-4H3. The Morgan fingerprint density at radius 3 is 2.72 bits per heavy atom. The number of ketones is 1. The maximum absolute atomic E-state index is 12.2. The van der Waals surface area contributed by atoms with Crippen molar-refractivity contribution in [1.82, 2.24) is 4.90 Å². The second-order valence-electron chi connectivity index (χ2n) is 4.56. The number of rotatable bonds is 4. The molecule has 2 aromatic rings. The van der Waals surface area contributed by atoms with E-state index < -0.39 is 0 Å². The highest BCUT2D eigenvalue weighted by atomic mass is 16.5. The molecule has 0 aliphatic rings. The van der Waals surface area contributed by atoms with Gasteiger partial charge in [0.1, 0.15) is 17.1 Å². The number of methoxy groups -OCH3 is 1. The molecule has 1 heterocycles. The molecule has 0 N–H and O–H groups in total. The van der Waals surface area contributed by atoms with Gasteiger partial charge in [-0.05, 0) is 39.2 Å². The second-order valence-corrected chi connectivity index (χ2v) is 4.56. The molecule has 0 radical (unpaired) electrons. The van der Waals surface area contributed by atoms with E-state index in [-0.39, 0.29) is 5.78 Å². The summed E-state index contributed by atoms with van der Waals surface area (Å²) >= 11 is 0. The van der Waals surface area contributed by atoms with Crippen molar-refractivity contribution in [2.75, 3.05) is 27.7 Å². The number of Topliss-reactive ketones (excluding diaryl/α,β-unsaturated/α-hetero) is 1. The Kier molecular flexibility index (Phi) is 3.39. The van der Waals surface area contributed by atoms with Gasteiger partial charge in [0.15, 0.2) is 5.78 Å². The van der Waals surface area contributed by atoms with E-state index in [4.69, 9.17) is 9.15 Å². The Hall–Kier alpha value is -1.81. The van der Waals surface area contributed by atoms with Gasteiger partial charge >= 0.3 is 0 Å². The number of hydrogen-bond acceptors (Lipinski definition) is 4. The number of carbonyl (C=O) groups excluding carboxylic acids is 1. The molecule has 0 aliphatic carbocycles. The van der Waals surface area contributed by atoms with Crippen LogP contribution in [0.3, 0.4) is 0 Å². The SMILES string of the molecule is COc1ccc2oc(C)c(C(=O)CN(C)C)c2c1. The van der Waals surface area contributed by atoms with Crippen LogP contribution in [0.5, 0.6) is 5.75 Å². The molecule has 0 atom stereocenters. The summed E-state index contributed by atoms with van der Waals surface area (Å²) in [6, 6.07) is 5.49. The molecule has 0 amide bonds. The summed E-state index contributed by atoms with van der Waals surface area (Å²) in [5.41, 5.74) is 1.37. The van der Waals surface area contributed by atoms with E-state index in [9.17, 15) is 4.79 Å². The van der Waals surface area contributed by atoms with E-state index in [1.165, 1.54) is 0 Å². The van der Waals surface area contributed by atoms with Gasteiger partial charge in [0.2, 0.25) is 0 Å². The molecule has 1 aromatic carbocycles. The lowest BCUT2D eigenvalue weighted by atomic mass is 10.1. The van der Waals surface area contributed by atoms with Crippen molar-refractivity contribution in [3.8, 4) is 5.75 Å². The maximum atomic E-state index is 12.2. The number of likely N-dealkylation sites (N-methyl/N-ethyl adjacent to an activating group) is 1. The number of aryl methyl sites for hydroxylation is 1. The predicted molar refractivity (Wildman–Crippen MR) is 70.4 cm³/mol. The quantitative estimate of drug-likeness (QED) is 0.778. The number of furan rings is 1. The van der Waals surface area contributed by atoms with Crippen LogP contribution in [0, 0.1) is 6.92 Å². The lowest BCUT2D eigenvalue weighted by molar-refractivity contribution is 0.0958. The van der Waals surface area contributed by atoms with Crippen molar-refractivity contribution < 1.29 is 13.9 Å². The molecule has 0 unspecified atom stereocenters. The first-order chi connectivity index (χ1) is 8.52. The molecule has 96 valence electrons. The van der Waals surface area contributed by atoms with Gasteiger partial charge in [-0.15, -0.1) is 0 Å². The summed E-state index contributed by atoms with van der Waals surface area (Å²) in [5.74, 6) is 1.44. The van der Waals surface area contributed by atoms with Gasteiger partial charge in [-0.2, -0.15) is 0 Å². The summed E-state index contributed by atoms with van der Waals surface area (Å²) in [4.78, 5) is 14.1. The molecule has 1 aromatic heterocycles. The minimum atomic E-state index is 0.0597. The zero-order valence-corrected chi connectivity index (χ0v) is 11.1. The van der Waals surface area contributed by atoms with Crippen LogP contribution < -0.4 is 4.74 Å². The lowest BCUT2D eigenvalue weighted by Crippen LogP contribution is -2.21. The average molecular weight is 247 g/mol. The van der Waals surface area contributed by atoms with Crippen LogP contribution in [-0.2, 0) is 0 Å². The number of carbonyl (C=O) groups is 1. The minimum Gasteiger partial charge on any atom is -0.497 e. The molecular formula is C14H17NO3. The summed E-state index contributed by atoms with van der Waals surface area (Å²) in [6.45, 7) is 2.18. The molecule has 4 nitrogen and oxygen atoms in total. The third-order valence-corrected chi connectivity index (χ3v) is 2.81. The summed E-state index contributed by atoms with van der Waals surface area (Å²) in [5, 5.41) is 0.818. The topological polar surface area (TPSA) is 42.7 Å². The van der Waals surface area contributed by atoms with Gasteiger partial charge in [0.25, 0.3) is 0 Å². The van der Waals surface area contributed by atoms with Gasteiger partial charge in [0.05, 0.1) is 19.2 Å². The zero-order valence-electron chi connectivity index (χ0n) is 11.1. The van der Waals surface area contributed by atoms with Crippen molar-refractivity contribution in [1.29, 1.82) is 0 Å². The fourth-order valence-corrected chi connectivity index (χ4v) is 2.04. The third kappa shape index (κ3) is 2.24. The first kappa shape index (κ1) is 12.6. The van der Waals surface area contributed by atoms with Crippen LogP contribution >= 0.6 is 0 Å². The fourth-order valence-electron chi connectivity index (χ4n) is 2.04. The number of hydrogen-bond donors (Lipinski definition) is 0. The van der Waals surface area contributed by atoms with Crippen LogP contribution in [0.1, 0.15) is 16.1 Å². The minimum absolute atomic E-state index is 0.0597. The number of ether oxygens (including phenoxy) is 1. The highest BCUT2D eigenvalue weighted by molar-refractivity contribution is 6.09. The zero-order chi connectivity index (χ0) is 13.3. The first-order valence-corrected chi connectivity index (χ1v) is 5.78. The second kappa shape index (κ2) is 4.82. The van der Waals surface area contributed by atoms with Crippen LogP contribution in [0.4, 0.5) is 0 Å². The van der Waals surface area contributed by atoms with Gasteiger partial charge < -0.3 is 14.1 Å². The van der Waals surface area contributed by atoms with Crippen molar-refractivity contribution in [2.45, 2.75) is 6.92 Å². The predicted octanol–water partition coefficient (Wildman–Crippen LogP) is 2.49. The molecule has 0 aliphatic heterocycles. The highest BCUT2D eigenvalue weighted by Crippen LogP contribution is 2.29. The summed E-state index contributed by atoms with van der Waals surface area (Å²) in [7, 11) is 5.35. The van der Waals surface area contributed by atoms with E-state index in [0.29, 0.717) is 17.9 Å². The Labute approximate surface area is 106 Å². The number of nitrogens with zero attached hydrogens (tertiary/aromatic N) is 1. The lowest BCUT2D eigenvalue weighted by Gasteiger charge is -2.07. The molecule has 0 saturated carbocycles. The Bertz CT molecular complexity index is 584. The molecule has 0 saturated heterocycles. The smallest absolute Gasteiger partial charge is 0.180 e. The van der Waals surface area contributed by atoms with E-state index in [1.807, 2.05) is 44.1 Å². The molecule has 0 fully saturated rings. The number of benzene rings is 1. The van der Waals surface area contributed by atoms with Crippen molar-refractivity contribution >= 4 is 16.8 Å². The fraction of sp³-hybridized carbons (Fsp3) is 0.357. The Morgan fingerprint density at radius 2 is 2.11 bits per heavy atom. The van der Waals surface area contributed by atoms with Crippen LogP contribution in [-0.4, -0.2) is 38.4 Å². The van der Waals surface area contributed by atoms with Crippen LogP contribution in [0.15, 0.2) is 22.6 Å². The van der Waals surface area contributed by atoms with Crippen LogP contribution in [0.25, 0.3) is 11.0 Å². The molecular weight excluding hydrogens is 230 g/mol. The third-order valence-electron chi connectivity index (χ3n) is 2.81. The normalized spacial score (nSPS) is 11.2. The largest absolute Gasteiger partial charge is 0.497 e. The highest BCUT2D eigenvalue weighted by Gasteiger charge is 2.18. The molecule has 18 heavy (non-hydrogen) atoms. The van der Waals surface area contributed by atoms with Crippen molar-refractivity contribution in [2.24, 2.45) is 0 Å². The Morgan fingerprint density at radius 1 is 1.39 bits per heavy atom. The maximum Gasteiger partial charge on any atom is 0.180 e. The summed E-state index contributed by atoms with van der Waals surface area (Å²) in [6.07, 6.45) is 0. The van der Waals surface area contributed by atoms with Gasteiger partial charge in [0, 0.05) is 5.39 Å². The van der Waals surface area contributed by atoms with Gasteiger partial charge in [-0.3, -0.25) is 4.79 Å². The molecule has 0 bridgehead atoms. The Balaban J connectivity index is 2.54. The van der Waals surface area contributed by atoms with Crippen molar-refractivity contribution in [3.63, 3.8) is 0 Å². The van der Waals surface area contributed by atoms with E-state index in [2.05, 4.69) is 0 Å². The summed E-state index contributed by atoms with van der Waals surface area (Å²) < 4.78 is 10.8.